The SMILES string of the molecule is c1ccc(-c2ccc(OCCC3CCCCO3)cc2)cc1. The van der Waals surface area contributed by atoms with Gasteiger partial charge in [0, 0.05) is 13.0 Å². The molecule has 1 unspecified atom stereocenters. The molecule has 3 rings (SSSR count). The Morgan fingerprint density at radius 3 is 2.38 bits per heavy atom. The van der Waals surface area contributed by atoms with Crippen molar-refractivity contribution in [1.82, 2.24) is 0 Å². The molecule has 0 spiro atoms. The summed E-state index contributed by atoms with van der Waals surface area (Å²) < 4.78 is 11.5. The van der Waals surface area contributed by atoms with Crippen molar-refractivity contribution in [2.24, 2.45) is 0 Å². The molecule has 110 valence electrons. The maximum Gasteiger partial charge on any atom is 0.119 e. The third kappa shape index (κ3) is 4.08. The first-order chi connectivity index (χ1) is 10.4. The maximum absolute atomic E-state index is 5.82. The number of hydrogen-bond donors (Lipinski definition) is 0. The van der Waals surface area contributed by atoms with Gasteiger partial charge in [0.1, 0.15) is 5.75 Å². The molecular weight excluding hydrogens is 260 g/mol. The molecule has 1 atom stereocenters. The summed E-state index contributed by atoms with van der Waals surface area (Å²) in [6.07, 6.45) is 5.05. The van der Waals surface area contributed by atoms with Crippen LogP contribution in [0.5, 0.6) is 5.75 Å². The van der Waals surface area contributed by atoms with Gasteiger partial charge < -0.3 is 9.47 Å². The summed E-state index contributed by atoms with van der Waals surface area (Å²) in [5.41, 5.74) is 2.46. The fourth-order valence-corrected chi connectivity index (χ4v) is 2.72. The second kappa shape index (κ2) is 7.28. The molecule has 2 nitrogen and oxygen atoms in total. The molecule has 0 aromatic heterocycles. The van der Waals surface area contributed by atoms with Crippen LogP contribution in [0.4, 0.5) is 0 Å². The first-order valence-electron chi connectivity index (χ1n) is 7.82. The highest BCUT2D eigenvalue weighted by Crippen LogP contribution is 2.22. The van der Waals surface area contributed by atoms with Crippen LogP contribution < -0.4 is 4.74 Å². The molecule has 1 heterocycles. The molecule has 0 aliphatic carbocycles. The highest BCUT2D eigenvalue weighted by molar-refractivity contribution is 5.63. The Morgan fingerprint density at radius 1 is 0.905 bits per heavy atom. The molecule has 1 fully saturated rings. The normalized spacial score (nSPS) is 18.4. The van der Waals surface area contributed by atoms with E-state index in [1.165, 1.54) is 30.4 Å². The van der Waals surface area contributed by atoms with Crippen LogP contribution in [-0.4, -0.2) is 19.3 Å². The Hall–Kier alpha value is -1.80. The van der Waals surface area contributed by atoms with E-state index in [2.05, 4.69) is 36.4 Å². The highest BCUT2D eigenvalue weighted by atomic mass is 16.5. The Bertz CT molecular complexity index is 527. The van der Waals surface area contributed by atoms with Crippen molar-refractivity contribution in [2.45, 2.75) is 31.8 Å². The van der Waals surface area contributed by atoms with Crippen LogP contribution in [0.25, 0.3) is 11.1 Å². The second-order valence-electron chi connectivity index (χ2n) is 5.52. The van der Waals surface area contributed by atoms with E-state index in [1.54, 1.807) is 0 Å². The molecule has 21 heavy (non-hydrogen) atoms. The molecule has 1 saturated heterocycles. The van der Waals surface area contributed by atoms with Crippen molar-refractivity contribution in [3.05, 3.63) is 54.6 Å². The van der Waals surface area contributed by atoms with Crippen molar-refractivity contribution in [3.63, 3.8) is 0 Å². The van der Waals surface area contributed by atoms with Crippen molar-refractivity contribution < 1.29 is 9.47 Å². The van der Waals surface area contributed by atoms with Gasteiger partial charge in [-0.05, 0) is 42.5 Å². The van der Waals surface area contributed by atoms with Gasteiger partial charge >= 0.3 is 0 Å². The number of ether oxygens (including phenoxy) is 2. The van der Waals surface area contributed by atoms with E-state index in [-0.39, 0.29) is 0 Å². The zero-order valence-corrected chi connectivity index (χ0v) is 12.3. The van der Waals surface area contributed by atoms with Crippen LogP contribution in [0.2, 0.25) is 0 Å². The predicted octanol–water partition coefficient (Wildman–Crippen LogP) is 4.69. The molecule has 0 radical (unpaired) electrons. The van der Waals surface area contributed by atoms with Crippen molar-refractivity contribution in [1.29, 1.82) is 0 Å². The van der Waals surface area contributed by atoms with Gasteiger partial charge in [-0.2, -0.15) is 0 Å². The number of hydrogen-bond acceptors (Lipinski definition) is 2. The monoisotopic (exact) mass is 282 g/mol. The van der Waals surface area contributed by atoms with Gasteiger partial charge in [-0.15, -0.1) is 0 Å². The zero-order chi connectivity index (χ0) is 14.3. The predicted molar refractivity (Wildman–Crippen MR) is 85.6 cm³/mol. The van der Waals surface area contributed by atoms with Gasteiger partial charge in [-0.1, -0.05) is 42.5 Å². The average molecular weight is 282 g/mol. The summed E-state index contributed by atoms with van der Waals surface area (Å²) in [7, 11) is 0. The van der Waals surface area contributed by atoms with Crippen LogP contribution >= 0.6 is 0 Å². The Kier molecular flexibility index (Phi) is 4.90. The molecule has 1 aliphatic heterocycles. The first-order valence-corrected chi connectivity index (χ1v) is 7.82. The lowest BCUT2D eigenvalue weighted by molar-refractivity contribution is 0.00405. The van der Waals surface area contributed by atoms with Crippen LogP contribution in [0.3, 0.4) is 0 Å². The van der Waals surface area contributed by atoms with E-state index in [1.807, 2.05) is 18.2 Å². The third-order valence-electron chi connectivity index (χ3n) is 3.94. The molecule has 2 aromatic carbocycles. The largest absolute Gasteiger partial charge is 0.493 e. The van der Waals surface area contributed by atoms with E-state index in [4.69, 9.17) is 9.47 Å². The second-order valence-corrected chi connectivity index (χ2v) is 5.52. The van der Waals surface area contributed by atoms with E-state index in [9.17, 15) is 0 Å². The van der Waals surface area contributed by atoms with Gasteiger partial charge in [-0.3, -0.25) is 0 Å². The molecule has 1 aliphatic rings. The molecule has 0 saturated carbocycles. The Balaban J connectivity index is 1.50. The lowest BCUT2D eigenvalue weighted by Crippen LogP contribution is -2.21. The quantitative estimate of drug-likeness (QED) is 0.792. The Morgan fingerprint density at radius 2 is 1.67 bits per heavy atom. The van der Waals surface area contributed by atoms with Gasteiger partial charge in [0.25, 0.3) is 0 Å². The third-order valence-corrected chi connectivity index (χ3v) is 3.94. The summed E-state index contributed by atoms with van der Waals surface area (Å²) in [6.45, 7) is 1.64. The topological polar surface area (TPSA) is 18.5 Å². The van der Waals surface area contributed by atoms with Crippen LogP contribution in [-0.2, 0) is 4.74 Å². The summed E-state index contributed by atoms with van der Waals surface area (Å²) in [4.78, 5) is 0. The van der Waals surface area contributed by atoms with E-state index in [0.29, 0.717) is 6.10 Å². The molecule has 0 N–H and O–H groups in total. The molecule has 2 aromatic rings. The van der Waals surface area contributed by atoms with Crippen molar-refractivity contribution >= 4 is 0 Å². The fraction of sp³-hybridized carbons (Fsp3) is 0.368. The maximum atomic E-state index is 5.82. The van der Waals surface area contributed by atoms with Crippen LogP contribution in [0.1, 0.15) is 25.7 Å². The van der Waals surface area contributed by atoms with Gasteiger partial charge in [0.2, 0.25) is 0 Å². The fourth-order valence-electron chi connectivity index (χ4n) is 2.72. The minimum Gasteiger partial charge on any atom is -0.493 e. The van der Waals surface area contributed by atoms with Gasteiger partial charge in [-0.25, -0.2) is 0 Å². The minimum atomic E-state index is 0.391. The minimum absolute atomic E-state index is 0.391. The van der Waals surface area contributed by atoms with Gasteiger partial charge in [0.05, 0.1) is 12.7 Å². The lowest BCUT2D eigenvalue weighted by atomic mass is 10.1. The molecule has 0 amide bonds. The molecule has 0 bridgehead atoms. The van der Waals surface area contributed by atoms with E-state index < -0.39 is 0 Å². The smallest absolute Gasteiger partial charge is 0.119 e. The summed E-state index contributed by atoms with van der Waals surface area (Å²) >= 11 is 0. The van der Waals surface area contributed by atoms with E-state index in [0.717, 1.165) is 25.4 Å². The van der Waals surface area contributed by atoms with Crippen LogP contribution in [0, 0.1) is 0 Å². The molecule has 2 heteroatoms. The van der Waals surface area contributed by atoms with Gasteiger partial charge in [0.15, 0.2) is 0 Å². The first kappa shape index (κ1) is 14.2. The standard InChI is InChI=1S/C19H22O2/c1-2-6-16(7-3-1)17-9-11-19(12-10-17)21-15-13-18-8-4-5-14-20-18/h1-3,6-7,9-12,18H,4-5,8,13-15H2. The zero-order valence-electron chi connectivity index (χ0n) is 12.3. The summed E-state index contributed by atoms with van der Waals surface area (Å²) in [6, 6.07) is 18.7. The van der Waals surface area contributed by atoms with Crippen molar-refractivity contribution in [3.8, 4) is 16.9 Å². The summed E-state index contributed by atoms with van der Waals surface area (Å²) in [5, 5.41) is 0. The summed E-state index contributed by atoms with van der Waals surface area (Å²) in [5.74, 6) is 0.936. The number of rotatable bonds is 5. The number of benzene rings is 2. The van der Waals surface area contributed by atoms with Crippen LogP contribution in [0.15, 0.2) is 54.6 Å². The highest BCUT2D eigenvalue weighted by Gasteiger charge is 2.13. The lowest BCUT2D eigenvalue weighted by Gasteiger charge is -2.22. The Labute approximate surface area is 126 Å². The van der Waals surface area contributed by atoms with Crippen molar-refractivity contribution in [2.75, 3.05) is 13.2 Å². The molecular formula is C19H22O2. The average Bonchev–Trinajstić information content (AvgIpc) is 2.57. The van der Waals surface area contributed by atoms with E-state index >= 15 is 0 Å².